The number of rotatable bonds is 4. The lowest BCUT2D eigenvalue weighted by Gasteiger charge is -2.62. The molecule has 1 unspecified atom stereocenters. The molecule has 0 aromatic heterocycles. The third-order valence-corrected chi connectivity index (χ3v) is 14.7. The van der Waals surface area contributed by atoms with Gasteiger partial charge in [-0.2, -0.15) is 18.4 Å². The molecule has 7 heterocycles. The minimum absolute atomic E-state index is 0.0474. The average Bonchev–Trinajstić information content (AvgIpc) is 3.73. The number of carbonyl (C=O) groups is 3. The van der Waals surface area contributed by atoms with E-state index in [1.54, 1.807) is 39.8 Å². The van der Waals surface area contributed by atoms with Crippen molar-refractivity contribution in [3.8, 4) is 46.3 Å². The topological polar surface area (TPSA) is 188 Å². The van der Waals surface area contributed by atoms with Crippen LogP contribution in [0.25, 0.3) is 0 Å². The molecule has 0 saturated carbocycles. The molecule has 4 bridgehead atoms. The SMILES string of the molecule is COc1cc2c(cc1OC(=O)OC(C)(C)C)CCN[C@]21CS[C@@H]2c3c(OC(=O)C(F)(F)F)c(C)c4c(c3[C@@H](COC1=O)N1C2[C@H]2c3c(cc(C)c(OC)c3O)C[C@H]([C@@H]1C#N)N2C)OCO4. The van der Waals surface area contributed by atoms with Gasteiger partial charge >= 0.3 is 24.3 Å². The molecule has 1 spiro atoms. The Bertz CT molecular complexity index is 2580. The molecule has 0 radical (unpaired) electrons. The Hall–Kier alpha value is -5.62. The Balaban J connectivity index is 1.28. The predicted molar refractivity (Wildman–Crippen MR) is 224 cm³/mol. The summed E-state index contributed by atoms with van der Waals surface area (Å²) < 4.78 is 88.9. The first-order valence-corrected chi connectivity index (χ1v) is 22.0. The Morgan fingerprint density at radius 2 is 1.72 bits per heavy atom. The van der Waals surface area contributed by atoms with Crippen LogP contribution in [0.2, 0.25) is 0 Å². The largest absolute Gasteiger partial charge is 0.514 e. The van der Waals surface area contributed by atoms with Crippen LogP contribution in [0.4, 0.5) is 18.0 Å². The number of fused-ring (bicyclic) bond motifs is 9. The maximum atomic E-state index is 15.0. The number of alkyl halides is 3. The fourth-order valence-electron chi connectivity index (χ4n) is 10.6. The number of ether oxygens (including phenoxy) is 8. The number of carbonyl (C=O) groups excluding carboxylic acids is 3. The summed E-state index contributed by atoms with van der Waals surface area (Å²) >= 11 is 1.18. The van der Waals surface area contributed by atoms with E-state index in [4.69, 9.17) is 37.9 Å². The van der Waals surface area contributed by atoms with E-state index in [1.807, 2.05) is 22.9 Å². The molecular weight excluding hydrogens is 878 g/mol. The number of benzene rings is 3. The second-order valence-electron chi connectivity index (χ2n) is 17.9. The van der Waals surface area contributed by atoms with Gasteiger partial charge in [0.25, 0.3) is 0 Å². The zero-order valence-corrected chi connectivity index (χ0v) is 37.6. The van der Waals surface area contributed by atoms with Crippen LogP contribution in [0.5, 0.6) is 40.2 Å². The monoisotopic (exact) mass is 924 g/mol. The van der Waals surface area contributed by atoms with Crippen molar-refractivity contribution in [1.29, 1.82) is 5.26 Å². The number of nitrogens with zero attached hydrogens (tertiary/aromatic N) is 3. The van der Waals surface area contributed by atoms with E-state index >= 15 is 4.79 Å². The van der Waals surface area contributed by atoms with E-state index in [2.05, 4.69) is 11.4 Å². The molecular formula is C45H47F3N4O12S. The second kappa shape index (κ2) is 15.8. The van der Waals surface area contributed by atoms with Gasteiger partial charge in [0.2, 0.25) is 6.79 Å². The first-order valence-electron chi connectivity index (χ1n) is 20.9. The molecule has 2 saturated heterocycles. The van der Waals surface area contributed by atoms with Crippen molar-refractivity contribution in [2.75, 3.05) is 47.0 Å². The lowest BCUT2D eigenvalue weighted by Crippen LogP contribution is -2.69. The summed E-state index contributed by atoms with van der Waals surface area (Å²) in [6.07, 6.45) is -5.64. The number of phenols is 1. The molecule has 2 N–H and O–H groups in total. The number of aryl methyl sites for hydroxylation is 1. The van der Waals surface area contributed by atoms with E-state index in [1.165, 1.54) is 32.9 Å². The van der Waals surface area contributed by atoms with Gasteiger partial charge in [-0.25, -0.2) is 14.4 Å². The van der Waals surface area contributed by atoms with Gasteiger partial charge in [-0.1, -0.05) is 6.07 Å². The van der Waals surface area contributed by atoms with Gasteiger partial charge in [-0.15, -0.1) is 11.8 Å². The van der Waals surface area contributed by atoms with Crippen molar-refractivity contribution >= 4 is 29.9 Å². The summed E-state index contributed by atoms with van der Waals surface area (Å²) in [7, 11) is 4.65. The summed E-state index contributed by atoms with van der Waals surface area (Å²) in [5.74, 6) is -3.23. The molecule has 0 amide bonds. The van der Waals surface area contributed by atoms with Gasteiger partial charge in [0.05, 0.1) is 37.6 Å². The van der Waals surface area contributed by atoms with Gasteiger partial charge in [0, 0.05) is 46.6 Å². The number of hydrogen-bond acceptors (Lipinski definition) is 17. The van der Waals surface area contributed by atoms with Gasteiger partial charge < -0.3 is 43.0 Å². The quantitative estimate of drug-likeness (QED) is 0.173. The number of methoxy groups -OCH3 is 2. The minimum Gasteiger partial charge on any atom is -0.504 e. The molecule has 3 aromatic rings. The highest BCUT2D eigenvalue weighted by atomic mass is 32.2. The number of phenolic OH excluding ortho intramolecular Hbond substituents is 1. The molecule has 10 rings (SSSR count). The maximum Gasteiger partial charge on any atom is 0.514 e. The van der Waals surface area contributed by atoms with Crippen LogP contribution in [0.15, 0.2) is 18.2 Å². The van der Waals surface area contributed by atoms with E-state index in [-0.39, 0.29) is 70.3 Å². The molecule has 20 heteroatoms. The zero-order chi connectivity index (χ0) is 46.7. The molecule has 0 aliphatic carbocycles. The minimum atomic E-state index is -5.39. The summed E-state index contributed by atoms with van der Waals surface area (Å²) in [5.41, 5.74) is 0.972. The lowest BCUT2D eigenvalue weighted by atomic mass is 9.71. The molecule has 7 atom stereocenters. The van der Waals surface area contributed by atoms with Crippen molar-refractivity contribution in [2.24, 2.45) is 0 Å². The van der Waals surface area contributed by atoms with E-state index < -0.39 is 83.2 Å². The first-order chi connectivity index (χ1) is 30.7. The number of nitriles is 1. The number of esters is 2. The Labute approximate surface area is 376 Å². The van der Waals surface area contributed by atoms with Gasteiger partial charge in [0.15, 0.2) is 40.0 Å². The number of aromatic hydroxyl groups is 1. The highest BCUT2D eigenvalue weighted by Gasteiger charge is 2.62. The number of nitrogens with one attached hydrogen (secondary N) is 1. The molecule has 346 valence electrons. The van der Waals surface area contributed by atoms with Gasteiger partial charge in [-0.05, 0) is 88.9 Å². The summed E-state index contributed by atoms with van der Waals surface area (Å²) in [5, 5.41) is 25.7. The fraction of sp³-hybridized carbons (Fsp3) is 0.511. The van der Waals surface area contributed by atoms with Crippen LogP contribution in [0, 0.1) is 25.2 Å². The maximum absolute atomic E-state index is 15.0. The van der Waals surface area contributed by atoms with Crippen LogP contribution < -0.4 is 33.7 Å². The van der Waals surface area contributed by atoms with E-state index in [9.17, 15) is 33.1 Å². The predicted octanol–water partition coefficient (Wildman–Crippen LogP) is 6.14. The zero-order valence-electron chi connectivity index (χ0n) is 36.8. The number of halogens is 3. The van der Waals surface area contributed by atoms with E-state index in [0.29, 0.717) is 35.1 Å². The smallest absolute Gasteiger partial charge is 0.504 e. The van der Waals surface area contributed by atoms with Crippen LogP contribution in [-0.4, -0.2) is 110 Å². The molecule has 16 nitrogen and oxygen atoms in total. The standard InChI is InChI=1S/C45H47F3N4O12S/c1-19-11-22-12-24-25(15-49)52-26-16-59-40(54)44(23-14-27(57-7)28(13-21(23)9-10-50-44)62-42(56)64-43(3,4)5)17-65-39(33(52)32(51(24)6)29(22)34(53)35(19)58-8)31-30(26)38-37(60-18-61-38)20(2)36(31)63-41(55)45(46,47)48/h11,13-14,24-26,32-33,39,50,53H,9-10,12,16-18H2,1-8H3/t24-,25+,26-,32-,33?,39-,44-/m1/s1. The van der Waals surface area contributed by atoms with Crippen molar-refractivity contribution in [1.82, 2.24) is 15.1 Å². The molecule has 7 aliphatic heterocycles. The third-order valence-electron chi connectivity index (χ3n) is 13.2. The van der Waals surface area contributed by atoms with Crippen LogP contribution in [0.1, 0.15) is 82.6 Å². The third kappa shape index (κ3) is 6.95. The Morgan fingerprint density at radius 3 is 2.40 bits per heavy atom. The average molecular weight is 925 g/mol. The van der Waals surface area contributed by atoms with Crippen molar-refractivity contribution in [2.45, 2.75) is 100 Å². The van der Waals surface area contributed by atoms with Crippen LogP contribution in [-0.2, 0) is 37.4 Å². The fourth-order valence-corrected chi connectivity index (χ4v) is 12.3. The van der Waals surface area contributed by atoms with Gasteiger partial charge in [0.1, 0.15) is 24.0 Å². The van der Waals surface area contributed by atoms with Crippen molar-refractivity contribution in [3.63, 3.8) is 0 Å². The summed E-state index contributed by atoms with van der Waals surface area (Å²) in [6, 6.07) is 3.51. The second-order valence-corrected chi connectivity index (χ2v) is 19.1. The van der Waals surface area contributed by atoms with Crippen LogP contribution >= 0.6 is 11.8 Å². The van der Waals surface area contributed by atoms with Crippen molar-refractivity contribution < 1.29 is 70.6 Å². The first kappa shape index (κ1) is 44.6. The van der Waals surface area contributed by atoms with Crippen molar-refractivity contribution in [3.05, 3.63) is 62.7 Å². The molecule has 7 aliphatic rings. The summed E-state index contributed by atoms with van der Waals surface area (Å²) in [6.45, 7) is 7.84. The molecule has 3 aromatic carbocycles. The number of piperazine rings is 1. The molecule has 65 heavy (non-hydrogen) atoms. The molecule has 2 fully saturated rings. The normalized spacial score (nSPS) is 26.7. The van der Waals surface area contributed by atoms with Gasteiger partial charge in [-0.3, -0.25) is 15.1 Å². The number of likely N-dealkylation sites (N-methyl/N-ethyl adjacent to an activating group) is 1. The van der Waals surface area contributed by atoms with Crippen LogP contribution in [0.3, 0.4) is 0 Å². The summed E-state index contributed by atoms with van der Waals surface area (Å²) in [4.78, 5) is 44.7. The lowest BCUT2D eigenvalue weighted by molar-refractivity contribution is -0.189. The van der Waals surface area contributed by atoms with E-state index in [0.717, 1.165) is 5.56 Å². The number of thioether (sulfide) groups is 1. The Morgan fingerprint density at radius 1 is 0.985 bits per heavy atom. The highest BCUT2D eigenvalue weighted by molar-refractivity contribution is 7.99. The number of hydrogen-bond donors (Lipinski definition) is 2. The Kier molecular flexibility index (Phi) is 10.8. The highest BCUT2D eigenvalue weighted by Crippen LogP contribution is 2.65.